The largest absolute Gasteiger partial charge is 0.309 e. The maximum Gasteiger partial charge on any atom is 0.238 e. The first-order valence-corrected chi connectivity index (χ1v) is 16.7. The van der Waals surface area contributed by atoms with Gasteiger partial charge in [0.2, 0.25) is 5.95 Å². The number of pyridine rings is 1. The zero-order valence-electron chi connectivity index (χ0n) is 26.8. The molecule has 4 heterocycles. The topological polar surface area (TPSA) is 61.4 Å². The Labute approximate surface area is 287 Å². The van der Waals surface area contributed by atoms with Gasteiger partial charge in [0.05, 0.1) is 22.1 Å². The molecule has 0 fully saturated rings. The highest BCUT2D eigenvalue weighted by atomic mass is 15.2. The molecular formula is C44H28N6. The second-order valence-corrected chi connectivity index (χ2v) is 12.4. The van der Waals surface area contributed by atoms with Gasteiger partial charge in [-0.25, -0.2) is 4.98 Å². The summed E-state index contributed by atoms with van der Waals surface area (Å²) in [5, 5.41) is 4.55. The van der Waals surface area contributed by atoms with Crippen LogP contribution in [0.15, 0.2) is 170 Å². The van der Waals surface area contributed by atoms with Gasteiger partial charge in [-0.05, 0) is 35.9 Å². The Balaban J connectivity index is 1.27. The van der Waals surface area contributed by atoms with Gasteiger partial charge in [0.1, 0.15) is 0 Å². The van der Waals surface area contributed by atoms with Crippen molar-refractivity contribution in [2.45, 2.75) is 0 Å². The Kier molecular flexibility index (Phi) is 6.39. The summed E-state index contributed by atoms with van der Waals surface area (Å²) < 4.78 is 4.54. The van der Waals surface area contributed by atoms with E-state index < -0.39 is 0 Å². The molecule has 4 aromatic heterocycles. The number of aromatic nitrogens is 6. The van der Waals surface area contributed by atoms with Crippen molar-refractivity contribution in [3.8, 4) is 45.5 Å². The monoisotopic (exact) mass is 640 g/mol. The Morgan fingerprint density at radius 2 is 1.02 bits per heavy atom. The van der Waals surface area contributed by atoms with Crippen molar-refractivity contribution in [3.63, 3.8) is 0 Å². The maximum atomic E-state index is 5.14. The Morgan fingerprint density at radius 1 is 0.400 bits per heavy atom. The first kappa shape index (κ1) is 28.1. The van der Waals surface area contributed by atoms with Gasteiger partial charge in [-0.2, -0.15) is 9.97 Å². The maximum absolute atomic E-state index is 5.14. The average molecular weight is 641 g/mol. The fourth-order valence-corrected chi connectivity index (χ4v) is 7.24. The molecule has 0 amide bonds. The summed E-state index contributed by atoms with van der Waals surface area (Å²) >= 11 is 0. The van der Waals surface area contributed by atoms with Gasteiger partial charge in [0.25, 0.3) is 0 Å². The number of rotatable bonds is 5. The molecule has 0 aliphatic heterocycles. The molecule has 0 spiro atoms. The molecule has 50 heavy (non-hydrogen) atoms. The quantitative estimate of drug-likeness (QED) is 0.188. The van der Waals surface area contributed by atoms with Gasteiger partial charge in [-0.3, -0.25) is 9.55 Å². The van der Waals surface area contributed by atoms with Gasteiger partial charge >= 0.3 is 0 Å². The number of benzene rings is 6. The van der Waals surface area contributed by atoms with Crippen LogP contribution < -0.4 is 0 Å². The number of hydrogen-bond acceptors (Lipinski definition) is 4. The second-order valence-electron chi connectivity index (χ2n) is 12.4. The summed E-state index contributed by atoms with van der Waals surface area (Å²) in [4.78, 5) is 19.7. The summed E-state index contributed by atoms with van der Waals surface area (Å²) in [6, 6.07) is 54.7. The Bertz CT molecular complexity index is 2800. The fraction of sp³-hybridized carbons (Fsp3) is 0. The van der Waals surface area contributed by atoms with Crippen LogP contribution in [0.2, 0.25) is 0 Å². The lowest BCUT2D eigenvalue weighted by atomic mass is 10.0. The number of fused-ring (bicyclic) bond motifs is 6. The van der Waals surface area contributed by atoms with Gasteiger partial charge in [-0.15, -0.1) is 0 Å². The van der Waals surface area contributed by atoms with Crippen LogP contribution in [0.5, 0.6) is 0 Å². The lowest BCUT2D eigenvalue weighted by Gasteiger charge is -2.13. The molecule has 0 unspecified atom stereocenters. The highest BCUT2D eigenvalue weighted by Gasteiger charge is 2.20. The van der Waals surface area contributed by atoms with E-state index in [1.54, 1.807) is 0 Å². The van der Waals surface area contributed by atoms with Gasteiger partial charge in [0.15, 0.2) is 11.6 Å². The Morgan fingerprint density at radius 3 is 1.76 bits per heavy atom. The van der Waals surface area contributed by atoms with E-state index in [2.05, 4.69) is 111 Å². The first-order valence-electron chi connectivity index (χ1n) is 16.7. The van der Waals surface area contributed by atoms with Crippen LogP contribution >= 0.6 is 0 Å². The first-order chi connectivity index (χ1) is 24.8. The van der Waals surface area contributed by atoms with Crippen LogP contribution in [0.25, 0.3) is 89.2 Å². The molecule has 0 radical (unpaired) electrons. The van der Waals surface area contributed by atoms with Crippen molar-refractivity contribution < 1.29 is 0 Å². The molecule has 10 rings (SSSR count). The lowest BCUT2D eigenvalue weighted by molar-refractivity contribution is 0.953. The SMILES string of the molecule is c1ccc(-c2nc(-c3ccccc3)nc(-n3c4ccccc4c4ccc(-c5cccc6c7cnccc7n(-c7ccccc7)c56)cc43)n2)cc1. The van der Waals surface area contributed by atoms with Gasteiger partial charge in [0, 0.05) is 56.3 Å². The van der Waals surface area contributed by atoms with Crippen molar-refractivity contribution in [1.29, 1.82) is 0 Å². The molecular weight excluding hydrogens is 613 g/mol. The predicted octanol–water partition coefficient (Wildman–Crippen LogP) is 10.5. The molecule has 0 bridgehead atoms. The predicted molar refractivity (Wildman–Crippen MR) is 203 cm³/mol. The van der Waals surface area contributed by atoms with E-state index >= 15 is 0 Å². The third kappa shape index (κ3) is 4.43. The van der Waals surface area contributed by atoms with E-state index in [1.165, 1.54) is 0 Å². The van der Waals surface area contributed by atoms with E-state index in [4.69, 9.17) is 15.0 Å². The normalized spacial score (nSPS) is 11.6. The molecule has 10 aromatic rings. The van der Waals surface area contributed by atoms with Crippen LogP contribution in [0.3, 0.4) is 0 Å². The molecule has 0 saturated carbocycles. The summed E-state index contributed by atoms with van der Waals surface area (Å²) in [7, 11) is 0. The second kappa shape index (κ2) is 11.4. The molecule has 0 aliphatic rings. The molecule has 0 aliphatic carbocycles. The summed E-state index contributed by atoms with van der Waals surface area (Å²) in [5.41, 5.74) is 9.52. The standard InChI is InChI=1S/C44H28N6/c1-4-13-29(14-5-1)42-46-43(30-15-6-2-7-16-30)48-44(47-42)50-38-22-11-10-19-34(38)35-24-23-31(27-40(35)50)33-20-12-21-36-37-28-45-26-25-39(37)49(41(33)36)32-17-8-3-9-18-32/h1-28H. The molecule has 6 heteroatoms. The number of nitrogens with zero attached hydrogens (tertiary/aromatic N) is 6. The molecule has 6 nitrogen and oxygen atoms in total. The summed E-state index contributed by atoms with van der Waals surface area (Å²) in [6.07, 6.45) is 3.84. The van der Waals surface area contributed by atoms with Crippen LogP contribution in [-0.2, 0) is 0 Å². The van der Waals surface area contributed by atoms with E-state index in [1.807, 2.05) is 73.1 Å². The minimum absolute atomic E-state index is 0.573. The highest BCUT2D eigenvalue weighted by Crippen LogP contribution is 2.40. The number of hydrogen-bond donors (Lipinski definition) is 0. The third-order valence-corrected chi connectivity index (χ3v) is 9.48. The van der Waals surface area contributed by atoms with Crippen LogP contribution in [0.4, 0.5) is 0 Å². The lowest BCUT2D eigenvalue weighted by Crippen LogP contribution is -2.06. The van der Waals surface area contributed by atoms with Crippen molar-refractivity contribution in [3.05, 3.63) is 170 Å². The van der Waals surface area contributed by atoms with Gasteiger partial charge in [-0.1, -0.05) is 127 Å². The van der Waals surface area contributed by atoms with E-state index in [0.29, 0.717) is 17.6 Å². The average Bonchev–Trinajstić information content (AvgIpc) is 3.71. The smallest absolute Gasteiger partial charge is 0.238 e. The summed E-state index contributed by atoms with van der Waals surface area (Å²) in [5.74, 6) is 1.83. The van der Waals surface area contributed by atoms with Crippen molar-refractivity contribution in [1.82, 2.24) is 29.1 Å². The van der Waals surface area contributed by atoms with E-state index in [0.717, 1.165) is 71.6 Å². The Hall–Kier alpha value is -6.92. The highest BCUT2D eigenvalue weighted by molar-refractivity contribution is 6.15. The minimum atomic E-state index is 0.573. The van der Waals surface area contributed by atoms with Crippen LogP contribution in [-0.4, -0.2) is 29.1 Å². The summed E-state index contributed by atoms with van der Waals surface area (Å²) in [6.45, 7) is 0. The van der Waals surface area contributed by atoms with Crippen molar-refractivity contribution in [2.75, 3.05) is 0 Å². The van der Waals surface area contributed by atoms with E-state index in [9.17, 15) is 0 Å². The molecule has 234 valence electrons. The molecule has 0 saturated heterocycles. The third-order valence-electron chi connectivity index (χ3n) is 9.48. The van der Waals surface area contributed by atoms with Crippen molar-refractivity contribution in [2.24, 2.45) is 0 Å². The zero-order valence-corrected chi connectivity index (χ0v) is 26.8. The minimum Gasteiger partial charge on any atom is -0.309 e. The van der Waals surface area contributed by atoms with Gasteiger partial charge < -0.3 is 4.57 Å². The molecule has 0 N–H and O–H groups in total. The van der Waals surface area contributed by atoms with Crippen LogP contribution in [0.1, 0.15) is 0 Å². The van der Waals surface area contributed by atoms with E-state index in [-0.39, 0.29) is 0 Å². The molecule has 0 atom stereocenters. The fourth-order valence-electron chi connectivity index (χ4n) is 7.24. The van der Waals surface area contributed by atoms with Crippen LogP contribution in [0, 0.1) is 0 Å². The molecule has 6 aromatic carbocycles. The zero-order chi connectivity index (χ0) is 33.0. The van der Waals surface area contributed by atoms with Crippen molar-refractivity contribution >= 4 is 43.6 Å². The number of para-hydroxylation sites is 3.